The Morgan fingerprint density at radius 1 is 1.24 bits per heavy atom. The predicted octanol–water partition coefficient (Wildman–Crippen LogP) is 0.529. The van der Waals surface area contributed by atoms with Crippen LogP contribution in [0.15, 0.2) is 18.2 Å². The molecule has 4 amide bonds. The fourth-order valence-electron chi connectivity index (χ4n) is 1.75. The molecule has 0 atom stereocenters. The van der Waals surface area contributed by atoms with Crippen LogP contribution in [0.4, 0.5) is 10.5 Å². The summed E-state index contributed by atoms with van der Waals surface area (Å²) in [4.78, 5) is 46.2. The van der Waals surface area contributed by atoms with Crippen LogP contribution in [-0.4, -0.2) is 46.9 Å². The lowest BCUT2D eigenvalue weighted by atomic mass is 10.2. The fraction of sp³-hybridized carbons (Fsp3) is 0.167. The van der Waals surface area contributed by atoms with Gasteiger partial charge in [0.2, 0.25) is 11.8 Å². The molecule has 1 aliphatic rings. The van der Waals surface area contributed by atoms with E-state index in [4.69, 9.17) is 16.7 Å². The SMILES string of the molecule is O=C1CN(C(=O)Nc2ccc(Cl)c(C(=O)O)c2)CC(=O)N1. The van der Waals surface area contributed by atoms with E-state index in [1.54, 1.807) is 0 Å². The van der Waals surface area contributed by atoms with E-state index in [0.29, 0.717) is 0 Å². The van der Waals surface area contributed by atoms with Gasteiger partial charge in [-0.2, -0.15) is 0 Å². The number of rotatable bonds is 2. The summed E-state index contributed by atoms with van der Waals surface area (Å²) in [5, 5.41) is 13.4. The van der Waals surface area contributed by atoms with Crippen molar-refractivity contribution in [2.75, 3.05) is 18.4 Å². The van der Waals surface area contributed by atoms with Crippen molar-refractivity contribution in [1.82, 2.24) is 10.2 Å². The molecule has 0 saturated carbocycles. The highest BCUT2D eigenvalue weighted by Crippen LogP contribution is 2.20. The lowest BCUT2D eigenvalue weighted by molar-refractivity contribution is -0.134. The van der Waals surface area contributed by atoms with Gasteiger partial charge in [0.05, 0.1) is 10.6 Å². The lowest BCUT2D eigenvalue weighted by Crippen LogP contribution is -2.54. The van der Waals surface area contributed by atoms with Crippen molar-refractivity contribution in [3.05, 3.63) is 28.8 Å². The Balaban J connectivity index is 2.12. The maximum atomic E-state index is 11.9. The van der Waals surface area contributed by atoms with E-state index < -0.39 is 23.8 Å². The molecular formula is C12H10ClN3O5. The molecule has 1 saturated heterocycles. The van der Waals surface area contributed by atoms with E-state index in [1.807, 2.05) is 0 Å². The number of carbonyl (C=O) groups is 4. The molecule has 0 aromatic heterocycles. The molecule has 2 rings (SSSR count). The minimum Gasteiger partial charge on any atom is -0.478 e. The first-order valence-corrected chi connectivity index (χ1v) is 6.16. The predicted molar refractivity (Wildman–Crippen MR) is 72.2 cm³/mol. The molecule has 110 valence electrons. The number of nitrogens with one attached hydrogen (secondary N) is 2. The van der Waals surface area contributed by atoms with Crippen LogP contribution in [0.2, 0.25) is 5.02 Å². The molecule has 0 spiro atoms. The quantitative estimate of drug-likeness (QED) is 0.689. The van der Waals surface area contributed by atoms with E-state index in [1.165, 1.54) is 18.2 Å². The molecular weight excluding hydrogens is 302 g/mol. The number of urea groups is 1. The number of carboxylic acid groups (broad SMARTS) is 1. The molecule has 0 aliphatic carbocycles. The van der Waals surface area contributed by atoms with Crippen molar-refractivity contribution in [1.29, 1.82) is 0 Å². The van der Waals surface area contributed by atoms with Crippen LogP contribution < -0.4 is 10.6 Å². The minimum atomic E-state index is -1.23. The summed E-state index contributed by atoms with van der Waals surface area (Å²) in [6.45, 7) is -0.506. The van der Waals surface area contributed by atoms with Crippen LogP contribution >= 0.6 is 11.6 Å². The van der Waals surface area contributed by atoms with Gasteiger partial charge in [0.15, 0.2) is 0 Å². The fourth-order valence-corrected chi connectivity index (χ4v) is 1.95. The summed E-state index contributed by atoms with van der Waals surface area (Å²) in [6, 6.07) is 3.25. The molecule has 0 unspecified atom stereocenters. The first-order chi connectivity index (χ1) is 9.86. The van der Waals surface area contributed by atoms with Gasteiger partial charge < -0.3 is 15.3 Å². The van der Waals surface area contributed by atoms with E-state index in [2.05, 4.69) is 10.6 Å². The van der Waals surface area contributed by atoms with Gasteiger partial charge in [-0.05, 0) is 18.2 Å². The van der Waals surface area contributed by atoms with Crippen molar-refractivity contribution in [2.45, 2.75) is 0 Å². The van der Waals surface area contributed by atoms with E-state index in [-0.39, 0.29) is 29.4 Å². The summed E-state index contributed by atoms with van der Waals surface area (Å²) in [6.07, 6.45) is 0. The van der Waals surface area contributed by atoms with Crippen molar-refractivity contribution in [3.63, 3.8) is 0 Å². The molecule has 1 heterocycles. The number of carboxylic acids is 1. The first-order valence-electron chi connectivity index (χ1n) is 5.78. The molecule has 21 heavy (non-hydrogen) atoms. The standard InChI is InChI=1S/C12H10ClN3O5/c13-8-2-1-6(3-7(8)11(19)20)14-12(21)16-4-9(17)15-10(18)5-16/h1-3H,4-5H2,(H,14,21)(H,19,20)(H,15,17,18). The Bertz CT molecular complexity index is 630. The van der Waals surface area contributed by atoms with Gasteiger partial charge in [-0.1, -0.05) is 11.6 Å². The normalized spacial score (nSPS) is 14.6. The van der Waals surface area contributed by atoms with Crippen LogP contribution in [0.3, 0.4) is 0 Å². The molecule has 0 radical (unpaired) electrons. The molecule has 8 nitrogen and oxygen atoms in total. The number of nitrogens with zero attached hydrogens (tertiary/aromatic N) is 1. The number of piperazine rings is 1. The Morgan fingerprint density at radius 2 is 1.86 bits per heavy atom. The molecule has 1 aromatic rings. The van der Waals surface area contributed by atoms with Crippen molar-refractivity contribution >= 4 is 41.1 Å². The summed E-state index contributed by atoms with van der Waals surface area (Å²) in [7, 11) is 0. The van der Waals surface area contributed by atoms with Crippen LogP contribution in [0.5, 0.6) is 0 Å². The third-order valence-electron chi connectivity index (χ3n) is 2.68. The number of halogens is 1. The summed E-state index contributed by atoms with van der Waals surface area (Å²) >= 11 is 5.71. The van der Waals surface area contributed by atoms with Gasteiger partial charge >= 0.3 is 12.0 Å². The topological polar surface area (TPSA) is 116 Å². The van der Waals surface area contributed by atoms with Crippen molar-refractivity contribution in [3.8, 4) is 0 Å². The minimum absolute atomic E-state index is 0.0352. The number of hydrogen-bond donors (Lipinski definition) is 3. The van der Waals surface area contributed by atoms with Gasteiger partial charge in [0.25, 0.3) is 0 Å². The van der Waals surface area contributed by atoms with Gasteiger partial charge in [0.1, 0.15) is 13.1 Å². The second-order valence-corrected chi connectivity index (χ2v) is 4.66. The second-order valence-electron chi connectivity index (χ2n) is 4.26. The molecule has 1 aliphatic heterocycles. The number of hydrogen-bond acceptors (Lipinski definition) is 4. The summed E-state index contributed by atoms with van der Waals surface area (Å²) in [5.41, 5.74) is 0.0298. The monoisotopic (exact) mass is 311 g/mol. The van der Waals surface area contributed by atoms with Gasteiger partial charge in [-0.25, -0.2) is 9.59 Å². The number of aromatic carboxylic acids is 1. The maximum absolute atomic E-state index is 11.9. The smallest absolute Gasteiger partial charge is 0.337 e. The Labute approximate surface area is 123 Å². The molecule has 3 N–H and O–H groups in total. The first kappa shape index (κ1) is 14.8. The third kappa shape index (κ3) is 3.48. The van der Waals surface area contributed by atoms with E-state index in [0.717, 1.165) is 4.90 Å². The van der Waals surface area contributed by atoms with E-state index >= 15 is 0 Å². The van der Waals surface area contributed by atoms with Crippen LogP contribution in [0.25, 0.3) is 0 Å². The average Bonchev–Trinajstić information content (AvgIpc) is 2.39. The number of carbonyl (C=O) groups excluding carboxylic acids is 3. The maximum Gasteiger partial charge on any atom is 0.337 e. The van der Waals surface area contributed by atoms with Gasteiger partial charge in [0, 0.05) is 5.69 Å². The second kappa shape index (κ2) is 5.80. The molecule has 9 heteroatoms. The van der Waals surface area contributed by atoms with Crippen molar-refractivity contribution in [2.24, 2.45) is 0 Å². The average molecular weight is 312 g/mol. The zero-order chi connectivity index (χ0) is 15.6. The summed E-state index contributed by atoms with van der Waals surface area (Å²) in [5.74, 6) is -2.39. The Morgan fingerprint density at radius 3 is 2.43 bits per heavy atom. The molecule has 1 aromatic carbocycles. The number of imide groups is 1. The van der Waals surface area contributed by atoms with Crippen molar-refractivity contribution < 1.29 is 24.3 Å². The van der Waals surface area contributed by atoms with Crippen LogP contribution in [-0.2, 0) is 9.59 Å². The zero-order valence-corrected chi connectivity index (χ0v) is 11.3. The van der Waals surface area contributed by atoms with Gasteiger partial charge in [-0.15, -0.1) is 0 Å². The molecule has 0 bridgehead atoms. The van der Waals surface area contributed by atoms with E-state index in [9.17, 15) is 19.2 Å². The van der Waals surface area contributed by atoms with Crippen LogP contribution in [0, 0.1) is 0 Å². The van der Waals surface area contributed by atoms with Crippen LogP contribution in [0.1, 0.15) is 10.4 Å². The van der Waals surface area contributed by atoms with Gasteiger partial charge in [-0.3, -0.25) is 14.9 Å². The Kier molecular flexibility index (Phi) is 4.08. The highest BCUT2D eigenvalue weighted by Gasteiger charge is 2.26. The highest BCUT2D eigenvalue weighted by molar-refractivity contribution is 6.33. The largest absolute Gasteiger partial charge is 0.478 e. The number of amides is 4. The number of benzene rings is 1. The lowest BCUT2D eigenvalue weighted by Gasteiger charge is -2.25. The Hall–Kier alpha value is -2.61. The number of anilines is 1. The summed E-state index contributed by atoms with van der Waals surface area (Å²) < 4.78 is 0. The highest BCUT2D eigenvalue weighted by atomic mass is 35.5. The third-order valence-corrected chi connectivity index (χ3v) is 3.01. The zero-order valence-electron chi connectivity index (χ0n) is 10.6. The molecule has 1 fully saturated rings.